The lowest BCUT2D eigenvalue weighted by molar-refractivity contribution is -0.118. The fourth-order valence-electron chi connectivity index (χ4n) is 0.971. The molecule has 0 aromatic carbocycles. The zero-order valence-corrected chi connectivity index (χ0v) is 9.98. The van der Waals surface area contributed by atoms with E-state index in [-0.39, 0.29) is 0 Å². The number of nitrogens with zero attached hydrogens (tertiary/aromatic N) is 2. The molecule has 0 aromatic heterocycles. The lowest BCUT2D eigenvalue weighted by Gasteiger charge is -2.21. The van der Waals surface area contributed by atoms with Crippen LogP contribution in [0.2, 0.25) is 0 Å². The minimum atomic E-state index is -0.731. The molecule has 0 aliphatic heterocycles. The van der Waals surface area contributed by atoms with Gasteiger partial charge in [-0.25, -0.2) is 4.79 Å². The van der Waals surface area contributed by atoms with Gasteiger partial charge in [0, 0.05) is 0 Å². The number of ketones is 1. The molecule has 16 heavy (non-hydrogen) atoms. The van der Waals surface area contributed by atoms with Crippen LogP contribution in [0.25, 0.3) is 5.53 Å². The van der Waals surface area contributed by atoms with E-state index in [0.717, 1.165) is 6.21 Å². The van der Waals surface area contributed by atoms with Gasteiger partial charge in [-0.1, -0.05) is 6.92 Å². The average molecular weight is 227 g/mol. The number of Topliss-reactive ketones (excluding diaryl/α,β-unsaturated/α-hetero) is 1. The van der Waals surface area contributed by atoms with Crippen molar-refractivity contribution in [1.29, 1.82) is 0 Å². The third-order valence-electron chi connectivity index (χ3n) is 1.63. The van der Waals surface area contributed by atoms with Gasteiger partial charge in [-0.2, -0.15) is 4.79 Å². The lowest BCUT2D eigenvalue weighted by Crippen LogP contribution is -2.43. The van der Waals surface area contributed by atoms with E-state index in [9.17, 15) is 9.59 Å². The molecule has 1 unspecified atom stereocenters. The molecule has 0 spiro atoms. The highest BCUT2D eigenvalue weighted by molar-refractivity contribution is 6.28. The Morgan fingerprint density at radius 1 is 1.50 bits per heavy atom. The predicted molar refractivity (Wildman–Crippen MR) is 58.1 cm³/mol. The van der Waals surface area contributed by atoms with Crippen LogP contribution in [0.1, 0.15) is 34.1 Å². The Kier molecular flexibility index (Phi) is 5.39. The number of amides is 1. The molecule has 0 aromatic rings. The maximum atomic E-state index is 11.3. The molecule has 1 atom stereocenters. The van der Waals surface area contributed by atoms with Gasteiger partial charge in [0.2, 0.25) is 0 Å². The number of ether oxygens (including phenoxy) is 1. The number of hydrogen-bond donors (Lipinski definition) is 1. The Morgan fingerprint density at radius 2 is 2.06 bits per heavy atom. The molecule has 1 N–H and O–H groups in total. The van der Waals surface area contributed by atoms with Crippen LogP contribution in [0.3, 0.4) is 0 Å². The van der Waals surface area contributed by atoms with Gasteiger partial charge in [-0.15, -0.1) is 0 Å². The second-order valence-electron chi connectivity index (χ2n) is 4.25. The molecule has 6 nitrogen and oxygen atoms in total. The fraction of sp³-hybridized carbons (Fsp3) is 0.700. The van der Waals surface area contributed by atoms with Crippen LogP contribution in [0, 0.1) is 0 Å². The van der Waals surface area contributed by atoms with Crippen LogP contribution in [0.4, 0.5) is 4.79 Å². The minimum absolute atomic E-state index is 0.393. The molecule has 0 bridgehead atoms. The Bertz CT molecular complexity index is 314. The van der Waals surface area contributed by atoms with E-state index in [0.29, 0.717) is 6.42 Å². The Balaban J connectivity index is 4.39. The van der Waals surface area contributed by atoms with E-state index in [2.05, 4.69) is 10.1 Å². The molecule has 6 heteroatoms. The molecule has 90 valence electrons. The largest absolute Gasteiger partial charge is 0.444 e. The number of nitrogens with one attached hydrogen (secondary N) is 1. The first-order chi connectivity index (χ1) is 7.30. The normalized spacial score (nSPS) is 12.2. The second kappa shape index (κ2) is 6.02. The van der Waals surface area contributed by atoms with Gasteiger partial charge in [0.05, 0.1) is 0 Å². The van der Waals surface area contributed by atoms with Crippen molar-refractivity contribution in [2.45, 2.75) is 45.8 Å². The summed E-state index contributed by atoms with van der Waals surface area (Å²) in [5, 5.41) is 2.39. The second-order valence-corrected chi connectivity index (χ2v) is 4.25. The summed E-state index contributed by atoms with van der Waals surface area (Å²) >= 11 is 0. The molecule has 0 heterocycles. The van der Waals surface area contributed by atoms with E-state index in [4.69, 9.17) is 10.3 Å². The summed E-state index contributed by atoms with van der Waals surface area (Å²) in [6, 6.07) is -0.731. The Labute approximate surface area is 94.6 Å². The molecule has 0 aliphatic rings. The van der Waals surface area contributed by atoms with Crippen LogP contribution in [0.5, 0.6) is 0 Å². The van der Waals surface area contributed by atoms with Gasteiger partial charge < -0.3 is 15.6 Å². The quantitative estimate of drug-likeness (QED) is 0.443. The highest BCUT2D eigenvalue weighted by Crippen LogP contribution is 2.07. The van der Waals surface area contributed by atoms with E-state index in [1.54, 1.807) is 27.7 Å². The van der Waals surface area contributed by atoms with Crippen molar-refractivity contribution in [3.63, 3.8) is 0 Å². The first-order valence-electron chi connectivity index (χ1n) is 5.01. The van der Waals surface area contributed by atoms with E-state index < -0.39 is 23.5 Å². The predicted octanol–water partition coefficient (Wildman–Crippen LogP) is 1.16. The van der Waals surface area contributed by atoms with Crippen molar-refractivity contribution in [2.75, 3.05) is 0 Å². The van der Waals surface area contributed by atoms with E-state index in [1.807, 2.05) is 0 Å². The molecular formula is C10H17N3O3. The van der Waals surface area contributed by atoms with Crippen molar-refractivity contribution in [3.05, 3.63) is 5.53 Å². The van der Waals surface area contributed by atoms with Crippen LogP contribution in [0.15, 0.2) is 0 Å². The third kappa shape index (κ3) is 5.93. The smallest absolute Gasteiger partial charge is 0.408 e. The van der Waals surface area contributed by atoms with Gasteiger partial charge in [0.1, 0.15) is 11.6 Å². The summed E-state index contributed by atoms with van der Waals surface area (Å²) in [4.78, 5) is 25.3. The zero-order valence-electron chi connectivity index (χ0n) is 9.98. The van der Waals surface area contributed by atoms with E-state index in [1.165, 1.54) is 0 Å². The fourth-order valence-corrected chi connectivity index (χ4v) is 0.971. The molecule has 0 radical (unpaired) electrons. The van der Waals surface area contributed by atoms with Crippen molar-refractivity contribution in [2.24, 2.45) is 0 Å². The maximum Gasteiger partial charge on any atom is 0.408 e. The van der Waals surface area contributed by atoms with Gasteiger partial charge in [0.15, 0.2) is 0 Å². The number of carbonyl (C=O) groups is 2. The zero-order chi connectivity index (χ0) is 12.8. The Morgan fingerprint density at radius 3 is 2.44 bits per heavy atom. The van der Waals surface area contributed by atoms with Crippen molar-refractivity contribution in [1.82, 2.24) is 5.32 Å². The summed E-state index contributed by atoms with van der Waals surface area (Å²) in [6.07, 6.45) is 0.481. The van der Waals surface area contributed by atoms with Gasteiger partial charge in [-0.3, -0.25) is 4.79 Å². The molecule has 0 aliphatic carbocycles. The number of rotatable bonds is 4. The minimum Gasteiger partial charge on any atom is -0.444 e. The lowest BCUT2D eigenvalue weighted by atomic mass is 10.1. The monoisotopic (exact) mass is 227 g/mol. The van der Waals surface area contributed by atoms with Crippen molar-refractivity contribution in [3.8, 4) is 0 Å². The van der Waals surface area contributed by atoms with Gasteiger partial charge >= 0.3 is 12.3 Å². The van der Waals surface area contributed by atoms with E-state index >= 15 is 0 Å². The number of hydrogen-bond acceptors (Lipinski definition) is 3. The summed E-state index contributed by atoms with van der Waals surface area (Å²) < 4.78 is 4.99. The van der Waals surface area contributed by atoms with Crippen LogP contribution >= 0.6 is 0 Å². The SMILES string of the molecule is CCC(NC(=O)OC(C)(C)C)C(=O)C=[N+]=[N-]. The third-order valence-corrected chi connectivity index (χ3v) is 1.63. The number of alkyl carbamates (subject to hydrolysis) is 1. The topological polar surface area (TPSA) is 91.8 Å². The molecule has 1 amide bonds. The van der Waals surface area contributed by atoms with Crippen molar-refractivity contribution >= 4 is 18.1 Å². The summed E-state index contributed by atoms with van der Waals surface area (Å²) in [6.45, 7) is 6.91. The molecule has 0 saturated carbocycles. The first kappa shape index (κ1) is 14.3. The summed E-state index contributed by atoms with van der Waals surface area (Å²) in [5.74, 6) is -0.476. The highest BCUT2D eigenvalue weighted by Gasteiger charge is 2.23. The van der Waals surface area contributed by atoms with Crippen LogP contribution < -0.4 is 5.32 Å². The van der Waals surface area contributed by atoms with Crippen LogP contribution in [-0.2, 0) is 9.53 Å². The number of carbonyl (C=O) groups excluding carboxylic acids is 2. The maximum absolute atomic E-state index is 11.3. The highest BCUT2D eigenvalue weighted by atomic mass is 16.6. The molecular weight excluding hydrogens is 210 g/mol. The summed E-state index contributed by atoms with van der Waals surface area (Å²) in [5.41, 5.74) is 7.59. The first-order valence-corrected chi connectivity index (χ1v) is 5.01. The molecule has 0 rings (SSSR count). The van der Waals surface area contributed by atoms with Crippen LogP contribution in [-0.4, -0.2) is 34.5 Å². The summed E-state index contributed by atoms with van der Waals surface area (Å²) in [7, 11) is 0. The van der Waals surface area contributed by atoms with Crippen molar-refractivity contribution < 1.29 is 19.1 Å². The molecule has 0 saturated heterocycles. The van der Waals surface area contributed by atoms with Gasteiger partial charge in [0.25, 0.3) is 5.78 Å². The standard InChI is InChI=1S/C10H17N3O3/c1-5-7(8(14)6-12-11)13-9(15)16-10(2,3)4/h6-7H,5H2,1-4H3,(H,13,15). The Hall–Kier alpha value is -1.68. The van der Waals surface area contributed by atoms with Gasteiger partial charge in [-0.05, 0) is 27.2 Å². The molecule has 0 fully saturated rings. The average Bonchev–Trinajstić information content (AvgIpc) is 2.11.